The zero-order valence-electron chi connectivity index (χ0n) is 28.6. The number of nitrogens with zero attached hydrogens (tertiary/aromatic N) is 5. The SMILES string of the molecule is COc1c[nH]c2nc(-c3ccc(F)cc3)c(-c3cc(Cl)nc(-c4cc(-c5nc6[nH]cc(C#N)c(=O)c6cc5-c5cc(C)nc(Cl)c5)ccc4F)c3)cc2c1=O. The zero-order valence-corrected chi connectivity index (χ0v) is 30.1. The summed E-state index contributed by atoms with van der Waals surface area (Å²) in [6.45, 7) is 1.77. The Kier molecular flexibility index (Phi) is 8.89. The standard InChI is InChI=1S/C41H23Cl2F2N7O3/c1-19-9-22(12-34(42)49-19)26-14-29-38(53)24(16-46)17-47-40(29)52-37(26)21-5-8-31(45)28(10-21)32-11-23(13-35(43)50-32)27-15-30-39(54)33(55-2)18-48-41(30)51-36(27)20-3-6-25(44)7-4-20/h3-15,17-18H,1-2H3,(H,47,52,53)(H,48,51,54). The molecule has 0 saturated carbocycles. The minimum Gasteiger partial charge on any atom is -0.491 e. The van der Waals surface area contributed by atoms with Crippen LogP contribution in [-0.2, 0) is 0 Å². The van der Waals surface area contributed by atoms with Crippen molar-refractivity contribution in [3.63, 3.8) is 0 Å². The maximum absolute atomic E-state index is 16.0. The molecule has 0 spiro atoms. The second-order valence-electron chi connectivity index (χ2n) is 12.5. The van der Waals surface area contributed by atoms with Gasteiger partial charge in [-0.1, -0.05) is 23.2 Å². The molecule has 0 saturated heterocycles. The van der Waals surface area contributed by atoms with Crippen LogP contribution in [0.2, 0.25) is 10.3 Å². The molecule has 0 atom stereocenters. The highest BCUT2D eigenvalue weighted by Gasteiger charge is 2.21. The fourth-order valence-corrected chi connectivity index (χ4v) is 6.90. The van der Waals surface area contributed by atoms with Crippen LogP contribution in [-0.4, -0.2) is 37.0 Å². The first-order valence-electron chi connectivity index (χ1n) is 16.5. The van der Waals surface area contributed by atoms with Crippen molar-refractivity contribution < 1.29 is 13.5 Å². The molecule has 0 fully saturated rings. The second kappa shape index (κ2) is 13.9. The lowest BCUT2D eigenvalue weighted by Crippen LogP contribution is -2.09. The van der Waals surface area contributed by atoms with E-state index in [1.54, 1.807) is 67.6 Å². The average Bonchev–Trinajstić information content (AvgIpc) is 3.17. The lowest BCUT2D eigenvalue weighted by atomic mass is 9.95. The minimum absolute atomic E-state index is 0.0132. The fourth-order valence-electron chi connectivity index (χ4n) is 6.44. The van der Waals surface area contributed by atoms with Crippen molar-refractivity contribution in [1.82, 2.24) is 29.9 Å². The van der Waals surface area contributed by atoms with E-state index in [1.165, 1.54) is 37.7 Å². The number of aryl methyl sites for hydroxylation is 1. The molecule has 0 bridgehead atoms. The molecule has 2 aromatic carbocycles. The first-order valence-corrected chi connectivity index (χ1v) is 17.2. The number of fused-ring (bicyclic) bond motifs is 2. The van der Waals surface area contributed by atoms with Gasteiger partial charge in [0.2, 0.25) is 10.9 Å². The number of ether oxygens (including phenoxy) is 1. The number of H-pyrrole nitrogens is 2. The van der Waals surface area contributed by atoms with Crippen LogP contribution in [0.1, 0.15) is 11.3 Å². The average molecular weight is 771 g/mol. The van der Waals surface area contributed by atoms with Crippen molar-refractivity contribution in [1.29, 1.82) is 5.26 Å². The van der Waals surface area contributed by atoms with E-state index in [9.17, 15) is 19.2 Å². The van der Waals surface area contributed by atoms with Gasteiger partial charge in [0.1, 0.15) is 44.9 Å². The first-order chi connectivity index (χ1) is 26.5. The molecule has 0 aliphatic rings. The number of hydrogen-bond acceptors (Lipinski definition) is 8. The van der Waals surface area contributed by atoms with E-state index in [4.69, 9.17) is 37.9 Å². The van der Waals surface area contributed by atoms with Gasteiger partial charge in [-0.25, -0.2) is 28.7 Å². The van der Waals surface area contributed by atoms with Gasteiger partial charge in [0.05, 0.1) is 35.0 Å². The van der Waals surface area contributed by atoms with Gasteiger partial charge in [-0.15, -0.1) is 0 Å². The summed E-state index contributed by atoms with van der Waals surface area (Å²) in [5.41, 5.74) is 3.95. The summed E-state index contributed by atoms with van der Waals surface area (Å²) < 4.78 is 35.2. The third-order valence-corrected chi connectivity index (χ3v) is 9.40. The summed E-state index contributed by atoms with van der Waals surface area (Å²) in [4.78, 5) is 50.7. The Balaban J connectivity index is 1.35. The molecule has 8 rings (SSSR count). The van der Waals surface area contributed by atoms with Crippen LogP contribution < -0.4 is 15.6 Å². The largest absolute Gasteiger partial charge is 0.491 e. The third kappa shape index (κ3) is 6.45. The van der Waals surface area contributed by atoms with Crippen LogP contribution in [0.25, 0.3) is 78.1 Å². The van der Waals surface area contributed by atoms with E-state index in [0.717, 1.165) is 0 Å². The number of aromatic amines is 2. The number of rotatable bonds is 6. The monoisotopic (exact) mass is 769 g/mol. The Morgan fingerprint density at radius 2 is 1.27 bits per heavy atom. The molecule has 6 aromatic heterocycles. The lowest BCUT2D eigenvalue weighted by molar-refractivity contribution is 0.410. The topological polar surface area (TPSA) is 150 Å². The molecule has 268 valence electrons. The van der Waals surface area contributed by atoms with E-state index >= 15 is 4.39 Å². The highest BCUT2D eigenvalue weighted by molar-refractivity contribution is 6.30. The molecule has 14 heteroatoms. The number of hydrogen-bond donors (Lipinski definition) is 2. The van der Waals surface area contributed by atoms with E-state index in [2.05, 4.69) is 19.9 Å². The van der Waals surface area contributed by atoms with Gasteiger partial charge in [0, 0.05) is 45.9 Å². The fraction of sp³-hybridized carbons (Fsp3) is 0.0488. The predicted octanol–water partition coefficient (Wildman–Crippen LogP) is 9.06. The molecule has 0 unspecified atom stereocenters. The predicted molar refractivity (Wildman–Crippen MR) is 207 cm³/mol. The highest BCUT2D eigenvalue weighted by Crippen LogP contribution is 2.39. The summed E-state index contributed by atoms with van der Waals surface area (Å²) in [6.07, 6.45) is 2.69. The third-order valence-electron chi connectivity index (χ3n) is 9.01. The number of benzene rings is 2. The minimum atomic E-state index is -0.627. The summed E-state index contributed by atoms with van der Waals surface area (Å²) >= 11 is 13.0. The van der Waals surface area contributed by atoms with Gasteiger partial charge in [-0.05, 0) is 96.9 Å². The van der Waals surface area contributed by atoms with E-state index in [0.29, 0.717) is 50.5 Å². The Labute approximate surface area is 319 Å². The van der Waals surface area contributed by atoms with E-state index < -0.39 is 22.5 Å². The number of halogens is 4. The van der Waals surface area contributed by atoms with Crippen molar-refractivity contribution in [2.75, 3.05) is 7.11 Å². The van der Waals surface area contributed by atoms with Crippen LogP contribution in [0.15, 0.2) is 101 Å². The van der Waals surface area contributed by atoms with Crippen LogP contribution in [0, 0.1) is 29.9 Å². The molecule has 8 aromatic rings. The molecule has 0 radical (unpaired) electrons. The number of pyridine rings is 6. The van der Waals surface area contributed by atoms with Crippen LogP contribution >= 0.6 is 23.2 Å². The van der Waals surface area contributed by atoms with Crippen molar-refractivity contribution >= 4 is 45.3 Å². The van der Waals surface area contributed by atoms with Crippen molar-refractivity contribution in [3.8, 4) is 67.8 Å². The zero-order chi connectivity index (χ0) is 38.5. The van der Waals surface area contributed by atoms with Crippen molar-refractivity contribution in [3.05, 3.63) is 145 Å². The van der Waals surface area contributed by atoms with Crippen molar-refractivity contribution in [2.45, 2.75) is 6.92 Å². The smallest absolute Gasteiger partial charge is 0.232 e. The molecule has 0 amide bonds. The van der Waals surface area contributed by atoms with Gasteiger partial charge in [0.25, 0.3) is 0 Å². The number of methoxy groups -OCH3 is 1. The Bertz CT molecular complexity index is 3030. The molecule has 0 aliphatic heterocycles. The lowest BCUT2D eigenvalue weighted by Gasteiger charge is -2.15. The first kappa shape index (κ1) is 35.2. The summed E-state index contributed by atoms with van der Waals surface area (Å²) in [5, 5.41) is 10.1. The van der Waals surface area contributed by atoms with Gasteiger partial charge < -0.3 is 14.7 Å². The maximum Gasteiger partial charge on any atom is 0.232 e. The Morgan fingerprint density at radius 1 is 0.673 bits per heavy atom. The number of nitriles is 1. The molecular weight excluding hydrogens is 747 g/mol. The van der Waals surface area contributed by atoms with Gasteiger partial charge >= 0.3 is 0 Å². The van der Waals surface area contributed by atoms with Crippen LogP contribution in [0.4, 0.5) is 8.78 Å². The quantitative estimate of drug-likeness (QED) is 0.159. The van der Waals surface area contributed by atoms with E-state index in [-0.39, 0.29) is 54.9 Å². The second-order valence-corrected chi connectivity index (χ2v) is 13.3. The number of nitrogens with one attached hydrogen (secondary N) is 2. The summed E-state index contributed by atoms with van der Waals surface area (Å²) in [6, 6.07) is 21.8. The Hall–Kier alpha value is -6.81. The van der Waals surface area contributed by atoms with Gasteiger partial charge in [0.15, 0.2) is 5.75 Å². The highest BCUT2D eigenvalue weighted by atomic mass is 35.5. The summed E-state index contributed by atoms with van der Waals surface area (Å²) in [5.74, 6) is -1.00. The molecular formula is C41H23Cl2F2N7O3. The molecule has 2 N–H and O–H groups in total. The van der Waals surface area contributed by atoms with Gasteiger partial charge in [-0.3, -0.25) is 9.59 Å². The van der Waals surface area contributed by atoms with Crippen molar-refractivity contribution in [2.24, 2.45) is 0 Å². The summed E-state index contributed by atoms with van der Waals surface area (Å²) in [7, 11) is 1.38. The van der Waals surface area contributed by atoms with Gasteiger partial charge in [-0.2, -0.15) is 5.26 Å². The number of aromatic nitrogens is 6. The molecule has 6 heterocycles. The maximum atomic E-state index is 16.0. The Morgan fingerprint density at radius 3 is 1.93 bits per heavy atom. The normalized spacial score (nSPS) is 11.2. The van der Waals surface area contributed by atoms with Crippen LogP contribution in [0.3, 0.4) is 0 Å². The molecule has 55 heavy (non-hydrogen) atoms. The molecule has 0 aliphatic carbocycles. The van der Waals surface area contributed by atoms with E-state index in [1.807, 2.05) is 6.07 Å². The molecule has 10 nitrogen and oxygen atoms in total. The van der Waals surface area contributed by atoms with Crippen LogP contribution in [0.5, 0.6) is 5.75 Å².